The Hall–Kier alpha value is -1.52. The molecule has 0 radical (unpaired) electrons. The van der Waals surface area contributed by atoms with Crippen molar-refractivity contribution in [2.75, 3.05) is 19.3 Å². The van der Waals surface area contributed by atoms with Crippen LogP contribution in [0.5, 0.6) is 0 Å². The third-order valence-corrected chi connectivity index (χ3v) is 2.93. The zero-order valence-corrected chi connectivity index (χ0v) is 9.10. The first-order valence-electron chi connectivity index (χ1n) is 5.12. The summed E-state index contributed by atoms with van der Waals surface area (Å²) < 4.78 is 1.77. The molecule has 0 aromatic carbocycles. The summed E-state index contributed by atoms with van der Waals surface area (Å²) in [6.45, 7) is 3.40. The Morgan fingerprint density at radius 1 is 1.67 bits per heavy atom. The van der Waals surface area contributed by atoms with Gasteiger partial charge in [0.2, 0.25) is 5.91 Å². The SMILES string of the molecule is Cc1cn(CC2CCN(C)C2=O)nc1N. The molecular formula is C10H16N4O. The molecule has 1 saturated heterocycles. The Balaban J connectivity index is 2.06. The van der Waals surface area contributed by atoms with Gasteiger partial charge in [-0.3, -0.25) is 9.48 Å². The Morgan fingerprint density at radius 3 is 2.87 bits per heavy atom. The number of nitrogens with zero attached hydrogens (tertiary/aromatic N) is 3. The van der Waals surface area contributed by atoms with Gasteiger partial charge in [-0.05, 0) is 13.3 Å². The number of hydrogen-bond donors (Lipinski definition) is 1. The maximum absolute atomic E-state index is 11.7. The summed E-state index contributed by atoms with van der Waals surface area (Å²) in [7, 11) is 1.84. The minimum absolute atomic E-state index is 0.0636. The number of carbonyl (C=O) groups excluding carboxylic acids is 1. The normalized spacial score (nSPS) is 21.3. The molecule has 5 heteroatoms. The number of nitrogens with two attached hydrogens (primary N) is 1. The van der Waals surface area contributed by atoms with E-state index in [9.17, 15) is 4.79 Å². The Kier molecular flexibility index (Phi) is 2.38. The summed E-state index contributed by atoms with van der Waals surface area (Å²) in [5, 5.41) is 4.16. The molecule has 0 aliphatic carbocycles. The number of carbonyl (C=O) groups is 1. The molecule has 1 aromatic rings. The van der Waals surface area contributed by atoms with Gasteiger partial charge < -0.3 is 10.6 Å². The van der Waals surface area contributed by atoms with Crippen LogP contribution in [0.4, 0.5) is 5.82 Å². The van der Waals surface area contributed by atoms with E-state index in [4.69, 9.17) is 5.73 Å². The van der Waals surface area contributed by atoms with Crippen molar-refractivity contribution in [3.63, 3.8) is 0 Å². The van der Waals surface area contributed by atoms with E-state index in [-0.39, 0.29) is 11.8 Å². The fraction of sp³-hybridized carbons (Fsp3) is 0.600. The minimum Gasteiger partial charge on any atom is -0.382 e. The number of amides is 1. The van der Waals surface area contributed by atoms with E-state index in [1.54, 1.807) is 9.58 Å². The van der Waals surface area contributed by atoms with Crippen molar-refractivity contribution in [1.29, 1.82) is 0 Å². The number of nitrogen functional groups attached to an aromatic ring is 1. The molecular weight excluding hydrogens is 192 g/mol. The Labute approximate surface area is 88.8 Å². The molecule has 0 bridgehead atoms. The summed E-state index contributed by atoms with van der Waals surface area (Å²) >= 11 is 0. The van der Waals surface area contributed by atoms with E-state index in [1.807, 2.05) is 20.2 Å². The first-order chi connectivity index (χ1) is 7.08. The predicted molar refractivity (Wildman–Crippen MR) is 57.1 cm³/mol. The van der Waals surface area contributed by atoms with Crippen LogP contribution < -0.4 is 5.73 Å². The van der Waals surface area contributed by atoms with E-state index in [2.05, 4.69) is 5.10 Å². The molecule has 1 aliphatic heterocycles. The van der Waals surface area contributed by atoms with Crippen LogP contribution in [-0.2, 0) is 11.3 Å². The quantitative estimate of drug-likeness (QED) is 0.757. The van der Waals surface area contributed by atoms with Gasteiger partial charge in [0.1, 0.15) is 5.82 Å². The van der Waals surface area contributed by atoms with Gasteiger partial charge in [-0.1, -0.05) is 0 Å². The molecule has 1 unspecified atom stereocenters. The van der Waals surface area contributed by atoms with Gasteiger partial charge in [-0.25, -0.2) is 0 Å². The highest BCUT2D eigenvalue weighted by atomic mass is 16.2. The maximum Gasteiger partial charge on any atom is 0.227 e. The van der Waals surface area contributed by atoms with Crippen LogP contribution in [0.25, 0.3) is 0 Å². The Morgan fingerprint density at radius 2 is 2.40 bits per heavy atom. The van der Waals surface area contributed by atoms with Gasteiger partial charge in [0.25, 0.3) is 0 Å². The van der Waals surface area contributed by atoms with Crippen LogP contribution in [0, 0.1) is 12.8 Å². The molecule has 82 valence electrons. The number of aromatic nitrogens is 2. The first-order valence-corrected chi connectivity index (χ1v) is 5.12. The van der Waals surface area contributed by atoms with Gasteiger partial charge in [-0.15, -0.1) is 0 Å². The molecule has 1 atom stereocenters. The molecule has 0 saturated carbocycles. The number of anilines is 1. The highest BCUT2D eigenvalue weighted by Gasteiger charge is 2.29. The van der Waals surface area contributed by atoms with Gasteiger partial charge in [0.05, 0.1) is 12.5 Å². The molecule has 15 heavy (non-hydrogen) atoms. The van der Waals surface area contributed by atoms with E-state index in [0.717, 1.165) is 18.5 Å². The first kappa shape index (κ1) is 10.0. The lowest BCUT2D eigenvalue weighted by Gasteiger charge is -2.09. The second-order valence-electron chi connectivity index (χ2n) is 4.16. The monoisotopic (exact) mass is 208 g/mol. The summed E-state index contributed by atoms with van der Waals surface area (Å²) in [6.07, 6.45) is 2.80. The van der Waals surface area contributed by atoms with E-state index < -0.39 is 0 Å². The second-order valence-corrected chi connectivity index (χ2v) is 4.16. The fourth-order valence-corrected chi connectivity index (χ4v) is 1.92. The number of hydrogen-bond acceptors (Lipinski definition) is 3. The second kappa shape index (κ2) is 3.56. The van der Waals surface area contributed by atoms with E-state index in [0.29, 0.717) is 12.4 Å². The molecule has 2 rings (SSSR count). The topological polar surface area (TPSA) is 64.2 Å². The lowest BCUT2D eigenvalue weighted by atomic mass is 10.1. The van der Waals surface area contributed by atoms with Crippen molar-refractivity contribution in [3.05, 3.63) is 11.8 Å². The molecule has 1 aliphatic rings. The predicted octanol–water partition coefficient (Wildman–Crippen LogP) is 0.252. The van der Waals surface area contributed by atoms with Gasteiger partial charge >= 0.3 is 0 Å². The van der Waals surface area contributed by atoms with Crippen LogP contribution in [0.15, 0.2) is 6.20 Å². The molecule has 0 spiro atoms. The number of likely N-dealkylation sites (tertiary alicyclic amines) is 1. The molecule has 2 N–H and O–H groups in total. The van der Waals surface area contributed by atoms with E-state index >= 15 is 0 Å². The van der Waals surface area contributed by atoms with Crippen molar-refractivity contribution >= 4 is 11.7 Å². The van der Waals surface area contributed by atoms with Crippen LogP contribution in [0.1, 0.15) is 12.0 Å². The summed E-state index contributed by atoms with van der Waals surface area (Å²) in [5.74, 6) is 0.823. The molecule has 5 nitrogen and oxygen atoms in total. The zero-order chi connectivity index (χ0) is 11.0. The zero-order valence-electron chi connectivity index (χ0n) is 9.10. The van der Waals surface area contributed by atoms with Gasteiger partial charge in [0, 0.05) is 25.4 Å². The molecule has 1 fully saturated rings. The fourth-order valence-electron chi connectivity index (χ4n) is 1.92. The molecule has 2 heterocycles. The van der Waals surface area contributed by atoms with Crippen LogP contribution in [0.3, 0.4) is 0 Å². The Bertz CT molecular complexity index is 365. The highest BCUT2D eigenvalue weighted by molar-refractivity contribution is 5.80. The van der Waals surface area contributed by atoms with E-state index in [1.165, 1.54) is 0 Å². The smallest absolute Gasteiger partial charge is 0.227 e. The van der Waals surface area contributed by atoms with Crippen molar-refractivity contribution in [2.24, 2.45) is 5.92 Å². The van der Waals surface area contributed by atoms with Crippen molar-refractivity contribution < 1.29 is 4.79 Å². The lowest BCUT2D eigenvalue weighted by molar-refractivity contribution is -0.130. The van der Waals surface area contributed by atoms with Crippen molar-refractivity contribution in [1.82, 2.24) is 14.7 Å². The number of rotatable bonds is 2. The standard InChI is InChI=1S/C10H16N4O/c1-7-5-14(12-9(7)11)6-8-3-4-13(2)10(8)15/h5,8H,3-4,6H2,1-2H3,(H2,11,12). The third-order valence-electron chi connectivity index (χ3n) is 2.93. The maximum atomic E-state index is 11.7. The van der Waals surface area contributed by atoms with Crippen molar-refractivity contribution in [2.45, 2.75) is 19.9 Å². The summed E-state index contributed by atoms with van der Waals surface area (Å²) in [5.41, 5.74) is 6.62. The van der Waals surface area contributed by atoms with Gasteiger partial charge in [-0.2, -0.15) is 5.10 Å². The molecule has 1 amide bonds. The highest BCUT2D eigenvalue weighted by Crippen LogP contribution is 2.19. The van der Waals surface area contributed by atoms with Gasteiger partial charge in [0.15, 0.2) is 0 Å². The van der Waals surface area contributed by atoms with Crippen LogP contribution in [-0.4, -0.2) is 34.2 Å². The average Bonchev–Trinajstić information content (AvgIpc) is 2.65. The van der Waals surface area contributed by atoms with Crippen LogP contribution >= 0.6 is 0 Å². The number of aryl methyl sites for hydroxylation is 1. The third kappa shape index (κ3) is 1.82. The molecule has 1 aromatic heterocycles. The lowest BCUT2D eigenvalue weighted by Crippen LogP contribution is -2.25. The summed E-state index contributed by atoms with van der Waals surface area (Å²) in [4.78, 5) is 13.4. The summed E-state index contributed by atoms with van der Waals surface area (Å²) in [6, 6.07) is 0. The largest absolute Gasteiger partial charge is 0.382 e. The van der Waals surface area contributed by atoms with Crippen LogP contribution in [0.2, 0.25) is 0 Å². The minimum atomic E-state index is 0.0636. The average molecular weight is 208 g/mol. The van der Waals surface area contributed by atoms with Crippen molar-refractivity contribution in [3.8, 4) is 0 Å².